The molecule has 0 aromatic heterocycles. The van der Waals surface area contributed by atoms with Crippen LogP contribution >= 0.6 is 11.6 Å². The molecule has 1 heterocycles. The largest absolute Gasteiger partial charge is 0.494 e. The van der Waals surface area contributed by atoms with Crippen LogP contribution in [-0.2, 0) is 19.0 Å². The predicted molar refractivity (Wildman–Crippen MR) is 149 cm³/mol. The van der Waals surface area contributed by atoms with Crippen LogP contribution in [0.2, 0.25) is 5.02 Å². The summed E-state index contributed by atoms with van der Waals surface area (Å²) < 4.78 is 17.5. The highest BCUT2D eigenvalue weighted by atomic mass is 35.5. The molecule has 1 aliphatic carbocycles. The highest BCUT2D eigenvalue weighted by Gasteiger charge is 2.35. The van der Waals surface area contributed by atoms with Gasteiger partial charge in [-0.25, -0.2) is 4.79 Å². The lowest BCUT2D eigenvalue weighted by Gasteiger charge is -2.29. The number of allylic oxidation sites excluding steroid dienone is 5. The molecule has 38 heavy (non-hydrogen) atoms. The van der Waals surface area contributed by atoms with Crippen molar-refractivity contribution in [2.24, 2.45) is 0 Å². The molecule has 1 aromatic rings. The second-order valence-corrected chi connectivity index (χ2v) is 9.67. The van der Waals surface area contributed by atoms with Crippen molar-refractivity contribution < 1.29 is 19.0 Å². The van der Waals surface area contributed by atoms with Gasteiger partial charge in [0.15, 0.2) is 0 Å². The Morgan fingerprint density at radius 2 is 2.00 bits per heavy atom. The van der Waals surface area contributed by atoms with E-state index in [0.29, 0.717) is 46.2 Å². The van der Waals surface area contributed by atoms with Crippen molar-refractivity contribution in [3.63, 3.8) is 0 Å². The lowest BCUT2D eigenvalue weighted by Crippen LogP contribution is -2.29. The number of ether oxygens (including phenoxy) is 3. The van der Waals surface area contributed by atoms with Crippen LogP contribution in [-0.4, -0.2) is 45.0 Å². The Kier molecular flexibility index (Phi) is 11.9. The molecule has 2 N–H and O–H groups in total. The van der Waals surface area contributed by atoms with Crippen molar-refractivity contribution in [1.29, 1.82) is 5.26 Å². The zero-order chi connectivity index (χ0) is 27.3. The maximum Gasteiger partial charge on any atom is 0.336 e. The molecule has 1 aliphatic heterocycles. The van der Waals surface area contributed by atoms with Gasteiger partial charge in [-0.15, -0.1) is 0 Å². The summed E-state index contributed by atoms with van der Waals surface area (Å²) in [6.45, 7) is 9.02. The average molecular weight is 540 g/mol. The smallest absolute Gasteiger partial charge is 0.336 e. The number of nitriles is 1. The van der Waals surface area contributed by atoms with E-state index >= 15 is 0 Å². The van der Waals surface area contributed by atoms with Crippen molar-refractivity contribution in [3.8, 4) is 6.07 Å². The number of nitrogens with one attached hydrogen (secondary N) is 2. The number of carbonyl (C=O) groups excluding carboxylic acids is 1. The van der Waals surface area contributed by atoms with E-state index < -0.39 is 11.9 Å². The number of hydrogen-bond donors (Lipinski definition) is 2. The molecule has 0 amide bonds. The Hall–Kier alpha value is -3.05. The molecule has 0 bridgehead atoms. The van der Waals surface area contributed by atoms with Crippen molar-refractivity contribution in [3.05, 3.63) is 81.4 Å². The molecule has 8 heteroatoms. The highest BCUT2D eigenvalue weighted by Crippen LogP contribution is 2.40. The Bertz CT molecular complexity index is 1130. The lowest BCUT2D eigenvalue weighted by atomic mass is 9.81. The van der Waals surface area contributed by atoms with Crippen LogP contribution in [0.4, 0.5) is 0 Å². The van der Waals surface area contributed by atoms with Gasteiger partial charge in [0.05, 0.1) is 42.5 Å². The standard InChI is InChI=1S/C30H38ClN3O4/c1-4-33-16-8-17-36-23-10-7-11-24(15-14-23)37-18-9-19-38-30(35)28-22(3)34-21(2)26(20-32)29(28)25-12-5-6-13-27(25)31/h5-6,11-15,23,29,33-34H,4,7-10,16-19H2,1-3H3. The number of rotatable bonds is 13. The van der Waals surface area contributed by atoms with Gasteiger partial charge in [0.2, 0.25) is 0 Å². The monoisotopic (exact) mass is 539 g/mol. The van der Waals surface area contributed by atoms with Gasteiger partial charge in [-0.2, -0.15) is 5.26 Å². The summed E-state index contributed by atoms with van der Waals surface area (Å²) in [5, 5.41) is 16.8. The van der Waals surface area contributed by atoms with Crippen LogP contribution in [0.25, 0.3) is 0 Å². The van der Waals surface area contributed by atoms with Gasteiger partial charge in [-0.05, 0) is 70.0 Å². The molecule has 0 spiro atoms. The molecular weight excluding hydrogens is 502 g/mol. The molecule has 0 saturated carbocycles. The topological polar surface area (TPSA) is 92.6 Å². The first kappa shape index (κ1) is 29.5. The molecule has 204 valence electrons. The fourth-order valence-corrected chi connectivity index (χ4v) is 4.78. The summed E-state index contributed by atoms with van der Waals surface area (Å²) in [6.07, 6.45) is 9.51. The lowest BCUT2D eigenvalue weighted by molar-refractivity contribution is -0.139. The fourth-order valence-electron chi connectivity index (χ4n) is 4.54. The number of benzene rings is 1. The minimum Gasteiger partial charge on any atom is -0.494 e. The van der Waals surface area contributed by atoms with Crippen molar-refractivity contribution in [1.82, 2.24) is 10.6 Å². The van der Waals surface area contributed by atoms with Crippen molar-refractivity contribution in [2.45, 2.75) is 58.5 Å². The summed E-state index contributed by atoms with van der Waals surface area (Å²) in [7, 11) is 0. The third-order valence-electron chi connectivity index (χ3n) is 6.46. The molecule has 2 aliphatic rings. The summed E-state index contributed by atoms with van der Waals surface area (Å²) >= 11 is 6.46. The number of nitrogens with zero attached hydrogens (tertiary/aromatic N) is 1. The Morgan fingerprint density at radius 3 is 2.76 bits per heavy atom. The minimum absolute atomic E-state index is 0.0950. The molecule has 7 nitrogen and oxygen atoms in total. The third kappa shape index (κ3) is 8.22. The van der Waals surface area contributed by atoms with Crippen molar-refractivity contribution >= 4 is 17.6 Å². The zero-order valence-electron chi connectivity index (χ0n) is 22.5. The van der Waals surface area contributed by atoms with E-state index in [-0.39, 0.29) is 12.7 Å². The average Bonchev–Trinajstić information content (AvgIpc) is 3.13. The predicted octanol–water partition coefficient (Wildman–Crippen LogP) is 5.67. The number of hydrogen-bond acceptors (Lipinski definition) is 7. The summed E-state index contributed by atoms with van der Waals surface area (Å²) in [4.78, 5) is 13.2. The fraction of sp³-hybridized carbons (Fsp3) is 0.467. The van der Waals surface area contributed by atoms with E-state index in [1.165, 1.54) is 0 Å². The number of carbonyl (C=O) groups is 1. The van der Waals surface area contributed by atoms with Gasteiger partial charge in [-0.3, -0.25) is 0 Å². The third-order valence-corrected chi connectivity index (χ3v) is 6.80. The number of esters is 1. The first-order valence-corrected chi connectivity index (χ1v) is 13.7. The first-order valence-electron chi connectivity index (χ1n) is 13.3. The SMILES string of the molecule is CCNCCCOC1C=CC(OCCCOC(=O)C2=C(C)NC(C)=C(C#N)C2c2ccccc2Cl)=CCC1. The van der Waals surface area contributed by atoms with Gasteiger partial charge in [0.25, 0.3) is 0 Å². The van der Waals surface area contributed by atoms with Crippen LogP contribution in [0, 0.1) is 11.3 Å². The summed E-state index contributed by atoms with van der Waals surface area (Å²) in [6, 6.07) is 9.51. The molecular formula is C30H38ClN3O4. The Morgan fingerprint density at radius 1 is 1.18 bits per heavy atom. The Labute approximate surface area is 231 Å². The minimum atomic E-state index is -0.585. The van der Waals surface area contributed by atoms with Gasteiger partial charge in [-0.1, -0.05) is 42.8 Å². The first-order chi connectivity index (χ1) is 18.5. The molecule has 1 aromatic carbocycles. The molecule has 3 rings (SSSR count). The van der Waals surface area contributed by atoms with Crippen LogP contribution in [0.5, 0.6) is 0 Å². The van der Waals surface area contributed by atoms with Crippen molar-refractivity contribution in [2.75, 3.05) is 32.9 Å². The van der Waals surface area contributed by atoms with Crippen LogP contribution in [0.3, 0.4) is 0 Å². The normalized spacial score (nSPS) is 19.4. The van der Waals surface area contributed by atoms with Gasteiger partial charge in [0.1, 0.15) is 5.76 Å². The van der Waals surface area contributed by atoms with E-state index in [4.69, 9.17) is 25.8 Å². The molecule has 0 saturated heterocycles. The van der Waals surface area contributed by atoms with Crippen LogP contribution in [0.15, 0.2) is 70.8 Å². The molecule has 2 atom stereocenters. The maximum absolute atomic E-state index is 13.2. The molecule has 0 radical (unpaired) electrons. The molecule has 0 fully saturated rings. The van der Waals surface area contributed by atoms with E-state index in [2.05, 4.69) is 35.8 Å². The van der Waals surface area contributed by atoms with E-state index in [1.807, 2.05) is 38.1 Å². The molecule has 2 unspecified atom stereocenters. The van der Waals surface area contributed by atoms with E-state index in [0.717, 1.165) is 44.7 Å². The van der Waals surface area contributed by atoms with E-state index in [9.17, 15) is 10.1 Å². The number of dihydropyridines is 1. The number of halogens is 1. The quantitative estimate of drug-likeness (QED) is 0.246. The zero-order valence-corrected chi connectivity index (χ0v) is 23.3. The van der Waals surface area contributed by atoms with Gasteiger partial charge >= 0.3 is 5.97 Å². The van der Waals surface area contributed by atoms with Crippen LogP contribution < -0.4 is 10.6 Å². The second kappa shape index (κ2) is 15.4. The maximum atomic E-state index is 13.2. The Balaban J connectivity index is 1.50. The summed E-state index contributed by atoms with van der Waals surface area (Å²) in [5.41, 5.74) is 2.90. The second-order valence-electron chi connectivity index (χ2n) is 9.27. The van der Waals surface area contributed by atoms with E-state index in [1.54, 1.807) is 6.07 Å². The summed E-state index contributed by atoms with van der Waals surface area (Å²) in [5.74, 6) is -0.246. The highest BCUT2D eigenvalue weighted by molar-refractivity contribution is 6.31. The van der Waals surface area contributed by atoms with Gasteiger partial charge < -0.3 is 24.8 Å². The van der Waals surface area contributed by atoms with Crippen LogP contribution in [0.1, 0.15) is 57.9 Å². The van der Waals surface area contributed by atoms with Gasteiger partial charge in [0, 0.05) is 29.4 Å².